The zero-order valence-electron chi connectivity index (χ0n) is 11.5. The van der Waals surface area contributed by atoms with E-state index < -0.39 is 34.0 Å². The van der Waals surface area contributed by atoms with Gasteiger partial charge in [0.2, 0.25) is 0 Å². The van der Waals surface area contributed by atoms with Crippen molar-refractivity contribution in [1.82, 2.24) is 14.5 Å². The van der Waals surface area contributed by atoms with E-state index in [1.165, 1.54) is 14.0 Å². The molecule has 1 unspecified atom stereocenters. The molecular weight excluding hydrogens is 279 g/mol. The number of rotatable bonds is 3. The summed E-state index contributed by atoms with van der Waals surface area (Å²) in [6.07, 6.45) is -3.33. The SMILES string of the molecule is C[C@H](N[S+]([O-])C(C)(C)C)c1cnn(C)c1C(F)(F)F. The van der Waals surface area contributed by atoms with Crippen molar-refractivity contribution in [2.45, 2.75) is 44.7 Å². The summed E-state index contributed by atoms with van der Waals surface area (Å²) in [5.41, 5.74) is -0.828. The summed E-state index contributed by atoms with van der Waals surface area (Å²) in [4.78, 5) is 0. The molecule has 0 fully saturated rings. The van der Waals surface area contributed by atoms with Crippen molar-refractivity contribution in [3.63, 3.8) is 0 Å². The van der Waals surface area contributed by atoms with Gasteiger partial charge in [0.15, 0.2) is 0 Å². The predicted octanol–water partition coefficient (Wildman–Crippen LogP) is 2.55. The maximum Gasteiger partial charge on any atom is 0.433 e. The summed E-state index contributed by atoms with van der Waals surface area (Å²) in [6.45, 7) is 6.78. The standard InChI is InChI=1S/C11H18F3N3OS/c1-7(16-19(18)10(2,3)4)8-6-15-17(5)9(8)11(12,13)14/h6-7,16H,1-5H3/t7-,19?/m0/s1. The number of halogens is 3. The second-order valence-corrected chi connectivity index (χ2v) is 7.29. The largest absolute Gasteiger partial charge is 0.598 e. The molecular formula is C11H18F3N3OS. The van der Waals surface area contributed by atoms with Crippen molar-refractivity contribution < 1.29 is 17.7 Å². The van der Waals surface area contributed by atoms with E-state index >= 15 is 0 Å². The molecule has 1 aromatic heterocycles. The molecule has 19 heavy (non-hydrogen) atoms. The van der Waals surface area contributed by atoms with Crippen LogP contribution >= 0.6 is 0 Å². The first-order chi connectivity index (χ1) is 8.44. The van der Waals surface area contributed by atoms with Gasteiger partial charge in [-0.15, -0.1) is 4.72 Å². The van der Waals surface area contributed by atoms with E-state index in [2.05, 4.69) is 9.82 Å². The first kappa shape index (κ1) is 16.3. The number of alkyl halides is 3. The fourth-order valence-corrected chi connectivity index (χ4v) is 2.32. The van der Waals surface area contributed by atoms with Crippen LogP contribution in [0.25, 0.3) is 0 Å². The van der Waals surface area contributed by atoms with Crippen molar-refractivity contribution in [2.24, 2.45) is 7.05 Å². The molecule has 2 atom stereocenters. The Kier molecular flexibility index (Phi) is 4.58. The van der Waals surface area contributed by atoms with Crippen LogP contribution in [0, 0.1) is 0 Å². The minimum Gasteiger partial charge on any atom is -0.598 e. The van der Waals surface area contributed by atoms with Gasteiger partial charge >= 0.3 is 6.18 Å². The van der Waals surface area contributed by atoms with Gasteiger partial charge in [0.05, 0.1) is 12.2 Å². The van der Waals surface area contributed by atoms with Gasteiger partial charge in [0.1, 0.15) is 10.4 Å². The smallest absolute Gasteiger partial charge is 0.433 e. The van der Waals surface area contributed by atoms with Crippen LogP contribution in [-0.4, -0.2) is 19.1 Å². The second kappa shape index (κ2) is 5.34. The third-order valence-electron chi connectivity index (χ3n) is 2.54. The first-order valence-electron chi connectivity index (χ1n) is 5.71. The Morgan fingerprint density at radius 1 is 1.37 bits per heavy atom. The van der Waals surface area contributed by atoms with Crippen LogP contribution in [0.5, 0.6) is 0 Å². The molecule has 1 rings (SSSR count). The summed E-state index contributed by atoms with van der Waals surface area (Å²) >= 11 is -1.45. The van der Waals surface area contributed by atoms with Gasteiger partial charge in [-0.05, 0) is 27.7 Å². The van der Waals surface area contributed by atoms with Gasteiger partial charge in [0, 0.05) is 24.0 Å². The third-order valence-corrected chi connectivity index (χ3v) is 4.22. The Morgan fingerprint density at radius 2 is 1.89 bits per heavy atom. The minimum absolute atomic E-state index is 0.00685. The fourth-order valence-electron chi connectivity index (χ4n) is 1.52. The lowest BCUT2D eigenvalue weighted by molar-refractivity contribution is -0.144. The quantitative estimate of drug-likeness (QED) is 0.872. The van der Waals surface area contributed by atoms with Crippen LogP contribution in [0.1, 0.15) is 45.0 Å². The van der Waals surface area contributed by atoms with E-state index in [9.17, 15) is 17.7 Å². The van der Waals surface area contributed by atoms with Crippen LogP contribution in [0.3, 0.4) is 0 Å². The Morgan fingerprint density at radius 3 is 2.32 bits per heavy atom. The van der Waals surface area contributed by atoms with Crippen molar-refractivity contribution in [3.8, 4) is 0 Å². The van der Waals surface area contributed by atoms with E-state index in [0.29, 0.717) is 0 Å². The zero-order chi connectivity index (χ0) is 15.0. The Hall–Kier alpha value is -0.730. The van der Waals surface area contributed by atoms with Crippen LogP contribution in [0.2, 0.25) is 0 Å². The van der Waals surface area contributed by atoms with Crippen molar-refractivity contribution in [2.75, 3.05) is 0 Å². The molecule has 0 saturated heterocycles. The van der Waals surface area contributed by atoms with E-state index in [4.69, 9.17) is 0 Å². The van der Waals surface area contributed by atoms with E-state index in [1.54, 1.807) is 20.8 Å². The molecule has 8 heteroatoms. The van der Waals surface area contributed by atoms with Gasteiger partial charge in [-0.3, -0.25) is 4.68 Å². The molecule has 0 aliphatic heterocycles. The van der Waals surface area contributed by atoms with Crippen LogP contribution in [-0.2, 0) is 24.6 Å². The lowest BCUT2D eigenvalue weighted by atomic mass is 10.1. The average molecular weight is 297 g/mol. The Bertz CT molecular complexity index is 439. The summed E-state index contributed by atoms with van der Waals surface area (Å²) in [6, 6.07) is -0.703. The molecule has 0 radical (unpaired) electrons. The lowest BCUT2D eigenvalue weighted by Crippen LogP contribution is -2.40. The first-order valence-corrected chi connectivity index (χ1v) is 6.86. The normalized spacial score (nSPS) is 16.5. The molecule has 0 saturated carbocycles. The van der Waals surface area contributed by atoms with Gasteiger partial charge < -0.3 is 4.55 Å². The van der Waals surface area contributed by atoms with Gasteiger partial charge in [-0.25, -0.2) is 0 Å². The molecule has 0 aliphatic rings. The Balaban J connectivity index is 2.99. The summed E-state index contributed by atoms with van der Waals surface area (Å²) in [5.74, 6) is 0. The molecule has 4 nitrogen and oxygen atoms in total. The molecule has 1 aromatic rings. The number of nitrogens with zero attached hydrogens (tertiary/aromatic N) is 2. The average Bonchev–Trinajstić information content (AvgIpc) is 2.57. The summed E-state index contributed by atoms with van der Waals surface area (Å²) in [5, 5.41) is 3.63. The molecule has 0 aliphatic carbocycles. The van der Waals surface area contributed by atoms with E-state index in [0.717, 1.165) is 10.9 Å². The summed E-state index contributed by atoms with van der Waals surface area (Å²) < 4.78 is 53.6. The highest BCUT2D eigenvalue weighted by Crippen LogP contribution is 2.34. The van der Waals surface area contributed by atoms with Crippen molar-refractivity contribution in [1.29, 1.82) is 0 Å². The number of aromatic nitrogens is 2. The lowest BCUT2D eigenvalue weighted by Gasteiger charge is -2.26. The van der Waals surface area contributed by atoms with Gasteiger partial charge in [-0.1, -0.05) is 0 Å². The molecule has 0 spiro atoms. The molecule has 110 valence electrons. The maximum absolute atomic E-state index is 12.9. The second-order valence-electron chi connectivity index (χ2n) is 5.29. The predicted molar refractivity (Wildman–Crippen MR) is 67.7 cm³/mol. The monoisotopic (exact) mass is 297 g/mol. The summed E-state index contributed by atoms with van der Waals surface area (Å²) in [7, 11) is 1.24. The molecule has 1 heterocycles. The van der Waals surface area contributed by atoms with Crippen LogP contribution < -0.4 is 4.72 Å². The highest BCUT2D eigenvalue weighted by molar-refractivity contribution is 7.90. The van der Waals surface area contributed by atoms with Crippen molar-refractivity contribution in [3.05, 3.63) is 17.5 Å². The zero-order valence-corrected chi connectivity index (χ0v) is 12.3. The molecule has 0 aromatic carbocycles. The van der Waals surface area contributed by atoms with E-state index in [-0.39, 0.29) is 5.56 Å². The molecule has 0 amide bonds. The maximum atomic E-state index is 12.9. The Labute approximate surface area is 113 Å². The minimum atomic E-state index is -4.49. The number of nitrogens with one attached hydrogen (secondary N) is 1. The molecule has 1 N–H and O–H groups in total. The van der Waals surface area contributed by atoms with E-state index in [1.807, 2.05) is 0 Å². The van der Waals surface area contributed by atoms with Crippen LogP contribution in [0.4, 0.5) is 13.2 Å². The number of hydrogen-bond donors (Lipinski definition) is 1. The fraction of sp³-hybridized carbons (Fsp3) is 0.727. The molecule has 0 bridgehead atoms. The van der Waals surface area contributed by atoms with Crippen molar-refractivity contribution >= 4 is 11.4 Å². The highest BCUT2D eigenvalue weighted by Gasteiger charge is 2.39. The topological polar surface area (TPSA) is 52.9 Å². The van der Waals surface area contributed by atoms with Crippen LogP contribution in [0.15, 0.2) is 6.20 Å². The third kappa shape index (κ3) is 3.87. The number of hydrogen-bond acceptors (Lipinski definition) is 3. The van der Waals surface area contributed by atoms with Gasteiger partial charge in [-0.2, -0.15) is 18.3 Å². The highest BCUT2D eigenvalue weighted by atomic mass is 32.2. The number of aryl methyl sites for hydroxylation is 1. The van der Waals surface area contributed by atoms with Gasteiger partial charge in [0.25, 0.3) is 0 Å².